The molecule has 0 amide bonds. The molecule has 0 aliphatic carbocycles. The summed E-state index contributed by atoms with van der Waals surface area (Å²) >= 11 is 0. The number of unbranched alkanes of at least 4 members (excludes halogenated alkanes) is 1. The standard InChI is InChI=1S/C18H17N3O4/c22-8-2-1-7-19-17-15-14(12-5-3-9-23-12)16(13-6-4-10-24-13)25-18(15)21-11-20-17/h3-6,9-11,22H,1-2,7-8H2,(H,19,20,21). The molecule has 0 spiro atoms. The Hall–Kier alpha value is -3.06. The molecule has 0 bridgehead atoms. The number of furan rings is 3. The monoisotopic (exact) mass is 339 g/mol. The van der Waals surface area contributed by atoms with Crippen molar-refractivity contribution in [1.82, 2.24) is 9.97 Å². The van der Waals surface area contributed by atoms with E-state index in [1.165, 1.54) is 6.33 Å². The van der Waals surface area contributed by atoms with E-state index < -0.39 is 0 Å². The highest BCUT2D eigenvalue weighted by Crippen LogP contribution is 2.42. The molecule has 0 aliphatic heterocycles. The van der Waals surface area contributed by atoms with Gasteiger partial charge in [0.1, 0.15) is 17.9 Å². The Morgan fingerprint density at radius 2 is 1.80 bits per heavy atom. The Bertz CT molecular complexity index is 942. The molecule has 4 aromatic heterocycles. The number of aliphatic hydroxyl groups is 1. The van der Waals surface area contributed by atoms with Gasteiger partial charge in [-0.15, -0.1) is 0 Å². The second-order valence-electron chi connectivity index (χ2n) is 5.52. The molecule has 0 unspecified atom stereocenters. The van der Waals surface area contributed by atoms with Crippen molar-refractivity contribution in [1.29, 1.82) is 0 Å². The molecular formula is C18H17N3O4. The fraction of sp³-hybridized carbons (Fsp3) is 0.222. The summed E-state index contributed by atoms with van der Waals surface area (Å²) in [6.07, 6.45) is 6.22. The molecule has 4 rings (SSSR count). The molecule has 0 saturated heterocycles. The topological polar surface area (TPSA) is 97.5 Å². The van der Waals surface area contributed by atoms with Gasteiger partial charge in [-0.05, 0) is 37.1 Å². The highest BCUT2D eigenvalue weighted by Gasteiger charge is 2.25. The summed E-state index contributed by atoms with van der Waals surface area (Å²) in [5, 5.41) is 13.0. The Kier molecular flexibility index (Phi) is 4.22. The smallest absolute Gasteiger partial charge is 0.232 e. The van der Waals surface area contributed by atoms with E-state index in [-0.39, 0.29) is 6.61 Å². The largest absolute Gasteiger partial charge is 0.464 e. The second kappa shape index (κ2) is 6.82. The summed E-state index contributed by atoms with van der Waals surface area (Å²) in [4.78, 5) is 8.60. The maximum Gasteiger partial charge on any atom is 0.232 e. The van der Waals surface area contributed by atoms with Gasteiger partial charge in [0, 0.05) is 13.2 Å². The molecule has 0 atom stereocenters. The third kappa shape index (κ3) is 2.89. The number of aromatic nitrogens is 2. The molecule has 2 N–H and O–H groups in total. The van der Waals surface area contributed by atoms with Gasteiger partial charge in [0.05, 0.1) is 23.5 Å². The molecule has 4 aromatic rings. The Balaban J connectivity index is 1.85. The third-order valence-electron chi connectivity index (χ3n) is 3.88. The minimum atomic E-state index is 0.173. The minimum absolute atomic E-state index is 0.173. The quantitative estimate of drug-likeness (QED) is 0.492. The molecular weight excluding hydrogens is 322 g/mol. The van der Waals surface area contributed by atoms with E-state index in [0.717, 1.165) is 23.8 Å². The Morgan fingerprint density at radius 1 is 1.00 bits per heavy atom. The van der Waals surface area contributed by atoms with E-state index in [1.807, 2.05) is 18.2 Å². The number of nitrogens with one attached hydrogen (secondary N) is 1. The molecule has 0 radical (unpaired) electrons. The van der Waals surface area contributed by atoms with Gasteiger partial charge in [-0.25, -0.2) is 9.97 Å². The van der Waals surface area contributed by atoms with Crippen LogP contribution in [-0.4, -0.2) is 28.2 Å². The number of nitrogens with zero attached hydrogens (tertiary/aromatic N) is 2. The highest BCUT2D eigenvalue weighted by molar-refractivity contribution is 6.04. The summed E-state index contributed by atoms with van der Waals surface area (Å²) in [5.74, 6) is 2.46. The van der Waals surface area contributed by atoms with Gasteiger partial charge in [-0.1, -0.05) is 0 Å². The van der Waals surface area contributed by atoms with Gasteiger partial charge in [0.2, 0.25) is 5.71 Å². The normalized spacial score (nSPS) is 11.2. The lowest BCUT2D eigenvalue weighted by Gasteiger charge is -2.06. The molecule has 128 valence electrons. The zero-order valence-electron chi connectivity index (χ0n) is 13.4. The minimum Gasteiger partial charge on any atom is -0.464 e. The van der Waals surface area contributed by atoms with Crippen LogP contribution in [0.4, 0.5) is 5.82 Å². The molecule has 7 heteroatoms. The fourth-order valence-corrected chi connectivity index (χ4v) is 2.75. The predicted octanol–water partition coefficient (Wildman–Crippen LogP) is 3.93. The van der Waals surface area contributed by atoms with Gasteiger partial charge < -0.3 is 23.7 Å². The number of rotatable bonds is 7. The summed E-state index contributed by atoms with van der Waals surface area (Å²) < 4.78 is 17.1. The molecule has 0 fully saturated rings. The van der Waals surface area contributed by atoms with Crippen LogP contribution in [0.5, 0.6) is 0 Å². The number of hydrogen-bond acceptors (Lipinski definition) is 7. The van der Waals surface area contributed by atoms with Crippen molar-refractivity contribution >= 4 is 16.9 Å². The summed E-state index contributed by atoms with van der Waals surface area (Å²) in [7, 11) is 0. The lowest BCUT2D eigenvalue weighted by atomic mass is 10.1. The van der Waals surface area contributed by atoms with Crippen LogP contribution in [0, 0.1) is 0 Å². The van der Waals surface area contributed by atoms with Crippen molar-refractivity contribution in [2.75, 3.05) is 18.5 Å². The number of hydrogen-bond donors (Lipinski definition) is 2. The Labute approximate surface area is 143 Å². The number of anilines is 1. The summed E-state index contributed by atoms with van der Waals surface area (Å²) in [6, 6.07) is 7.30. The SMILES string of the molecule is OCCCCNc1ncnc2oc(-c3ccco3)c(-c3ccco3)c12. The third-order valence-corrected chi connectivity index (χ3v) is 3.88. The van der Waals surface area contributed by atoms with Crippen LogP contribution >= 0.6 is 0 Å². The predicted molar refractivity (Wildman–Crippen MR) is 92.0 cm³/mol. The number of fused-ring (bicyclic) bond motifs is 1. The lowest BCUT2D eigenvalue weighted by Crippen LogP contribution is -2.04. The lowest BCUT2D eigenvalue weighted by molar-refractivity contribution is 0.286. The van der Waals surface area contributed by atoms with Gasteiger partial charge in [-0.2, -0.15) is 0 Å². The first-order valence-electron chi connectivity index (χ1n) is 8.08. The van der Waals surface area contributed by atoms with Crippen molar-refractivity contribution in [2.45, 2.75) is 12.8 Å². The van der Waals surface area contributed by atoms with Crippen molar-refractivity contribution in [3.8, 4) is 22.8 Å². The van der Waals surface area contributed by atoms with E-state index in [2.05, 4.69) is 15.3 Å². The first-order valence-corrected chi connectivity index (χ1v) is 8.08. The van der Waals surface area contributed by atoms with Crippen molar-refractivity contribution in [2.24, 2.45) is 0 Å². The van der Waals surface area contributed by atoms with Crippen molar-refractivity contribution in [3.63, 3.8) is 0 Å². The summed E-state index contributed by atoms with van der Waals surface area (Å²) in [5.41, 5.74) is 1.21. The number of aliphatic hydroxyl groups excluding tert-OH is 1. The van der Waals surface area contributed by atoms with Crippen LogP contribution < -0.4 is 5.32 Å². The zero-order valence-corrected chi connectivity index (χ0v) is 13.4. The van der Waals surface area contributed by atoms with E-state index in [4.69, 9.17) is 18.4 Å². The van der Waals surface area contributed by atoms with E-state index in [0.29, 0.717) is 35.4 Å². The second-order valence-corrected chi connectivity index (χ2v) is 5.52. The first kappa shape index (κ1) is 15.5. The summed E-state index contributed by atoms with van der Waals surface area (Å²) in [6.45, 7) is 0.860. The molecule has 0 aromatic carbocycles. The average molecular weight is 339 g/mol. The van der Waals surface area contributed by atoms with Crippen molar-refractivity contribution in [3.05, 3.63) is 43.1 Å². The van der Waals surface area contributed by atoms with E-state index in [9.17, 15) is 0 Å². The Morgan fingerprint density at radius 3 is 2.52 bits per heavy atom. The van der Waals surface area contributed by atoms with E-state index >= 15 is 0 Å². The molecule has 25 heavy (non-hydrogen) atoms. The zero-order chi connectivity index (χ0) is 17.1. The van der Waals surface area contributed by atoms with Gasteiger partial charge in [0.15, 0.2) is 11.5 Å². The maximum atomic E-state index is 8.92. The van der Waals surface area contributed by atoms with Gasteiger partial charge in [-0.3, -0.25) is 0 Å². The molecule has 0 saturated carbocycles. The molecule has 4 heterocycles. The van der Waals surface area contributed by atoms with Gasteiger partial charge >= 0.3 is 0 Å². The highest BCUT2D eigenvalue weighted by atomic mass is 16.4. The van der Waals surface area contributed by atoms with Crippen LogP contribution in [0.3, 0.4) is 0 Å². The van der Waals surface area contributed by atoms with Crippen molar-refractivity contribution < 1.29 is 18.4 Å². The average Bonchev–Trinajstić information content (AvgIpc) is 3.38. The van der Waals surface area contributed by atoms with E-state index in [1.54, 1.807) is 18.6 Å². The van der Waals surface area contributed by atoms with Crippen LogP contribution in [0.15, 0.2) is 56.4 Å². The first-order chi connectivity index (χ1) is 12.4. The molecule has 7 nitrogen and oxygen atoms in total. The fourth-order valence-electron chi connectivity index (χ4n) is 2.75. The molecule has 0 aliphatic rings. The van der Waals surface area contributed by atoms with Crippen LogP contribution in [0.2, 0.25) is 0 Å². The van der Waals surface area contributed by atoms with Gasteiger partial charge in [0.25, 0.3) is 0 Å². The van der Waals surface area contributed by atoms with Crippen LogP contribution in [0.25, 0.3) is 33.9 Å². The maximum absolute atomic E-state index is 8.92. The van der Waals surface area contributed by atoms with Crippen LogP contribution in [-0.2, 0) is 0 Å². The van der Waals surface area contributed by atoms with Crippen LogP contribution in [0.1, 0.15) is 12.8 Å².